The first-order valence-corrected chi connectivity index (χ1v) is 5.03. The number of aryl methyl sites for hydroxylation is 1. The maximum atomic E-state index is 13.3. The van der Waals surface area contributed by atoms with Crippen LogP contribution in [0.2, 0.25) is 0 Å². The Morgan fingerprint density at radius 2 is 2.00 bits per heavy atom. The fraction of sp³-hybridized carbons (Fsp3) is 0.167. The van der Waals surface area contributed by atoms with Crippen LogP contribution in [0.1, 0.15) is 16.2 Å². The van der Waals surface area contributed by atoms with Crippen molar-refractivity contribution in [1.82, 2.24) is 9.55 Å². The van der Waals surface area contributed by atoms with Crippen LogP contribution < -0.4 is 0 Å². The van der Waals surface area contributed by atoms with Crippen molar-refractivity contribution in [3.63, 3.8) is 0 Å². The van der Waals surface area contributed by atoms with Crippen molar-refractivity contribution < 1.29 is 13.6 Å². The predicted molar refractivity (Wildman–Crippen MR) is 57.6 cm³/mol. The van der Waals surface area contributed by atoms with E-state index in [9.17, 15) is 13.6 Å². The van der Waals surface area contributed by atoms with E-state index in [-0.39, 0.29) is 17.8 Å². The highest BCUT2D eigenvalue weighted by Crippen LogP contribution is 2.14. The van der Waals surface area contributed by atoms with E-state index in [1.807, 2.05) is 0 Å². The number of hydrogen-bond acceptors (Lipinski definition) is 2. The molecule has 5 heteroatoms. The van der Waals surface area contributed by atoms with Gasteiger partial charge in [-0.3, -0.25) is 4.79 Å². The topological polar surface area (TPSA) is 34.9 Å². The number of Topliss-reactive ketones (excluding diaryl/α,β-unsaturated/α-hetero) is 1. The number of imidazole rings is 1. The van der Waals surface area contributed by atoms with Crippen LogP contribution >= 0.6 is 0 Å². The van der Waals surface area contributed by atoms with Crippen LogP contribution in [0.25, 0.3) is 0 Å². The first-order chi connectivity index (χ1) is 8.09. The Labute approximate surface area is 96.7 Å². The molecule has 0 saturated heterocycles. The highest BCUT2D eigenvalue weighted by molar-refractivity contribution is 5.94. The summed E-state index contributed by atoms with van der Waals surface area (Å²) in [6, 6.07) is 3.52. The number of benzene rings is 1. The van der Waals surface area contributed by atoms with E-state index in [0.717, 1.165) is 12.1 Å². The third-order valence-corrected chi connectivity index (χ3v) is 2.47. The second-order valence-electron chi connectivity index (χ2n) is 3.66. The highest BCUT2D eigenvalue weighted by atomic mass is 19.1. The maximum absolute atomic E-state index is 13.3. The quantitative estimate of drug-likeness (QED) is 0.765. The predicted octanol–water partition coefficient (Wildman–Crippen LogP) is 2.12. The molecule has 0 atom stereocenters. The molecular weight excluding hydrogens is 226 g/mol. The number of hydrogen-bond donors (Lipinski definition) is 0. The molecule has 0 radical (unpaired) electrons. The van der Waals surface area contributed by atoms with Gasteiger partial charge in [0.1, 0.15) is 11.6 Å². The van der Waals surface area contributed by atoms with E-state index in [0.29, 0.717) is 0 Å². The van der Waals surface area contributed by atoms with Crippen molar-refractivity contribution in [2.45, 2.75) is 6.42 Å². The summed E-state index contributed by atoms with van der Waals surface area (Å²) in [5.74, 6) is -1.66. The summed E-state index contributed by atoms with van der Waals surface area (Å²) in [6.07, 6.45) is 2.74. The molecule has 0 amide bonds. The van der Waals surface area contributed by atoms with Crippen molar-refractivity contribution >= 4 is 5.78 Å². The standard InChI is InChI=1S/C12H10F2N2O/c1-16-6-5-15-12(16)11(17)7-8-9(13)3-2-4-10(8)14/h2-6H,7H2,1H3. The lowest BCUT2D eigenvalue weighted by Gasteiger charge is -2.04. The van der Waals surface area contributed by atoms with Gasteiger partial charge in [0.25, 0.3) is 0 Å². The summed E-state index contributed by atoms with van der Waals surface area (Å²) in [5.41, 5.74) is -0.222. The van der Waals surface area contributed by atoms with E-state index in [1.54, 1.807) is 13.2 Å². The summed E-state index contributed by atoms with van der Waals surface area (Å²) in [7, 11) is 1.65. The maximum Gasteiger partial charge on any atom is 0.202 e. The van der Waals surface area contributed by atoms with E-state index in [2.05, 4.69) is 4.98 Å². The van der Waals surface area contributed by atoms with Gasteiger partial charge in [-0.15, -0.1) is 0 Å². The molecule has 0 unspecified atom stereocenters. The molecule has 0 N–H and O–H groups in total. The number of halogens is 2. The molecule has 0 fully saturated rings. The van der Waals surface area contributed by atoms with Gasteiger partial charge in [0.2, 0.25) is 5.78 Å². The molecule has 0 bridgehead atoms. The Kier molecular flexibility index (Phi) is 2.99. The van der Waals surface area contributed by atoms with Crippen LogP contribution in [0.4, 0.5) is 8.78 Å². The molecule has 0 aliphatic rings. The summed E-state index contributed by atoms with van der Waals surface area (Å²) in [5, 5.41) is 0. The molecule has 1 aromatic carbocycles. The molecule has 1 aromatic heterocycles. The first kappa shape index (κ1) is 11.4. The number of nitrogens with zero attached hydrogens (tertiary/aromatic N) is 2. The summed E-state index contributed by atoms with van der Waals surface area (Å²) in [4.78, 5) is 15.6. The van der Waals surface area contributed by atoms with Gasteiger partial charge in [-0.05, 0) is 12.1 Å². The van der Waals surface area contributed by atoms with Gasteiger partial charge in [-0.1, -0.05) is 6.07 Å². The zero-order valence-corrected chi connectivity index (χ0v) is 9.15. The van der Waals surface area contributed by atoms with E-state index in [4.69, 9.17) is 0 Å². The third-order valence-electron chi connectivity index (χ3n) is 2.47. The second kappa shape index (κ2) is 4.45. The summed E-state index contributed by atoms with van der Waals surface area (Å²) < 4.78 is 28.2. The lowest BCUT2D eigenvalue weighted by atomic mass is 10.1. The van der Waals surface area contributed by atoms with E-state index >= 15 is 0 Å². The van der Waals surface area contributed by atoms with Gasteiger partial charge in [0.05, 0.1) is 0 Å². The molecule has 0 aliphatic heterocycles. The monoisotopic (exact) mass is 236 g/mol. The van der Waals surface area contributed by atoms with Crippen LogP contribution in [-0.2, 0) is 13.5 Å². The molecular formula is C12H10F2N2O. The van der Waals surface area contributed by atoms with Crippen LogP contribution in [0.5, 0.6) is 0 Å². The molecule has 0 aliphatic carbocycles. The van der Waals surface area contributed by atoms with Gasteiger partial charge in [-0.2, -0.15) is 0 Å². The molecule has 0 spiro atoms. The molecule has 3 nitrogen and oxygen atoms in total. The average molecular weight is 236 g/mol. The Hall–Kier alpha value is -2.04. The Morgan fingerprint density at radius 1 is 1.35 bits per heavy atom. The second-order valence-corrected chi connectivity index (χ2v) is 3.66. The van der Waals surface area contributed by atoms with Crippen molar-refractivity contribution in [3.8, 4) is 0 Å². The lowest BCUT2D eigenvalue weighted by Crippen LogP contribution is -2.12. The summed E-state index contributed by atoms with van der Waals surface area (Å²) in [6.45, 7) is 0. The number of carbonyl (C=O) groups is 1. The fourth-order valence-electron chi connectivity index (χ4n) is 1.58. The minimum atomic E-state index is -0.715. The zero-order chi connectivity index (χ0) is 12.4. The van der Waals surface area contributed by atoms with Crippen molar-refractivity contribution in [1.29, 1.82) is 0 Å². The van der Waals surface area contributed by atoms with Gasteiger partial charge in [0.15, 0.2) is 5.82 Å². The first-order valence-electron chi connectivity index (χ1n) is 5.03. The van der Waals surface area contributed by atoms with Gasteiger partial charge in [0, 0.05) is 31.4 Å². The van der Waals surface area contributed by atoms with Crippen molar-refractivity contribution in [2.75, 3.05) is 0 Å². The van der Waals surface area contributed by atoms with Crippen LogP contribution in [0.15, 0.2) is 30.6 Å². The van der Waals surface area contributed by atoms with Crippen molar-refractivity contribution in [3.05, 3.63) is 53.6 Å². The molecule has 2 rings (SSSR count). The largest absolute Gasteiger partial charge is 0.332 e. The van der Waals surface area contributed by atoms with Gasteiger partial charge in [-0.25, -0.2) is 13.8 Å². The number of rotatable bonds is 3. The van der Waals surface area contributed by atoms with Crippen molar-refractivity contribution in [2.24, 2.45) is 7.05 Å². The Balaban J connectivity index is 2.28. The minimum absolute atomic E-state index is 0.188. The number of ketones is 1. The molecule has 0 saturated carbocycles. The zero-order valence-electron chi connectivity index (χ0n) is 9.15. The Bertz CT molecular complexity index is 543. The highest BCUT2D eigenvalue weighted by Gasteiger charge is 2.17. The van der Waals surface area contributed by atoms with Crippen LogP contribution in [-0.4, -0.2) is 15.3 Å². The van der Waals surface area contributed by atoms with E-state index in [1.165, 1.54) is 16.8 Å². The smallest absolute Gasteiger partial charge is 0.202 e. The summed E-state index contributed by atoms with van der Waals surface area (Å²) >= 11 is 0. The van der Waals surface area contributed by atoms with E-state index < -0.39 is 17.4 Å². The van der Waals surface area contributed by atoms with Gasteiger partial charge < -0.3 is 4.57 Å². The normalized spacial score (nSPS) is 10.5. The molecule has 17 heavy (non-hydrogen) atoms. The molecule has 2 aromatic rings. The molecule has 1 heterocycles. The lowest BCUT2D eigenvalue weighted by molar-refractivity contribution is 0.0977. The third kappa shape index (κ3) is 2.22. The van der Waals surface area contributed by atoms with Crippen LogP contribution in [0, 0.1) is 11.6 Å². The number of carbonyl (C=O) groups excluding carboxylic acids is 1. The SMILES string of the molecule is Cn1ccnc1C(=O)Cc1c(F)cccc1F. The molecule has 88 valence electrons. The minimum Gasteiger partial charge on any atom is -0.332 e. The number of aromatic nitrogens is 2. The van der Waals surface area contributed by atoms with Gasteiger partial charge >= 0.3 is 0 Å². The van der Waals surface area contributed by atoms with Crippen LogP contribution in [0.3, 0.4) is 0 Å². The average Bonchev–Trinajstić information content (AvgIpc) is 2.70. The fourth-order valence-corrected chi connectivity index (χ4v) is 1.58. The Morgan fingerprint density at radius 3 is 2.53 bits per heavy atom.